The van der Waals surface area contributed by atoms with Crippen LogP contribution in [0.1, 0.15) is 56.6 Å². The molecule has 9 nitrogen and oxygen atoms in total. The number of amides is 2. The number of para-hydroxylation sites is 2. The molecule has 1 aliphatic rings. The average Bonchev–Trinajstić information content (AvgIpc) is 3.03. The smallest absolute Gasteiger partial charge is 0.264 e. The molecule has 44 heavy (non-hydrogen) atoms. The predicted molar refractivity (Wildman–Crippen MR) is 171 cm³/mol. The van der Waals surface area contributed by atoms with Crippen molar-refractivity contribution in [2.24, 2.45) is 0 Å². The molecule has 3 aromatic carbocycles. The number of nitrogens with one attached hydrogen (secondary N) is 1. The van der Waals surface area contributed by atoms with Crippen molar-refractivity contribution >= 4 is 27.5 Å². The van der Waals surface area contributed by atoms with Crippen molar-refractivity contribution in [2.75, 3.05) is 25.1 Å². The first-order valence-corrected chi connectivity index (χ1v) is 16.6. The van der Waals surface area contributed by atoms with E-state index < -0.39 is 28.5 Å². The zero-order chi connectivity index (χ0) is 31.7. The largest absolute Gasteiger partial charge is 0.497 e. The molecule has 0 saturated heterocycles. The van der Waals surface area contributed by atoms with Gasteiger partial charge in [-0.1, -0.05) is 68.1 Å². The van der Waals surface area contributed by atoms with Crippen LogP contribution in [0.4, 0.5) is 5.69 Å². The number of methoxy groups -OCH3 is 2. The zero-order valence-electron chi connectivity index (χ0n) is 26.0. The molecule has 0 unspecified atom stereocenters. The van der Waals surface area contributed by atoms with Crippen molar-refractivity contribution in [3.05, 3.63) is 83.9 Å². The maximum absolute atomic E-state index is 14.4. The first-order chi connectivity index (χ1) is 21.2. The van der Waals surface area contributed by atoms with Gasteiger partial charge in [-0.15, -0.1) is 0 Å². The van der Waals surface area contributed by atoms with Gasteiger partial charge in [0, 0.05) is 12.6 Å². The van der Waals surface area contributed by atoms with Crippen molar-refractivity contribution in [3.63, 3.8) is 0 Å². The standard InChI is InChI=1S/C34H43N3O6S/c1-5-30(34(39)35-27-14-7-6-8-15-27)36(23-26-13-11-12-25(2)22-26)33(38)24-37(31-16-9-10-17-32(31)43-4)44(40,41)29-20-18-28(42-3)19-21-29/h9-13,16-22,27,30H,5-8,14-15,23-24H2,1-4H3,(H,35,39)/t30-/m0/s1. The van der Waals surface area contributed by atoms with E-state index in [4.69, 9.17) is 9.47 Å². The molecule has 1 fully saturated rings. The molecule has 0 aliphatic heterocycles. The summed E-state index contributed by atoms with van der Waals surface area (Å²) >= 11 is 0. The fourth-order valence-corrected chi connectivity index (χ4v) is 7.12. The number of benzene rings is 3. The van der Waals surface area contributed by atoms with Crippen LogP contribution in [-0.2, 0) is 26.2 Å². The summed E-state index contributed by atoms with van der Waals surface area (Å²) in [5.41, 5.74) is 2.09. The van der Waals surface area contributed by atoms with E-state index in [9.17, 15) is 18.0 Å². The highest BCUT2D eigenvalue weighted by Gasteiger charge is 2.35. The first kappa shape index (κ1) is 32.9. The Labute approximate surface area is 261 Å². The van der Waals surface area contributed by atoms with Crippen LogP contribution in [0, 0.1) is 6.92 Å². The summed E-state index contributed by atoms with van der Waals surface area (Å²) < 4.78 is 40.1. The predicted octanol–water partition coefficient (Wildman–Crippen LogP) is 5.46. The minimum absolute atomic E-state index is 0.00989. The highest BCUT2D eigenvalue weighted by Crippen LogP contribution is 2.33. The van der Waals surface area contributed by atoms with Crippen LogP contribution in [0.5, 0.6) is 11.5 Å². The molecule has 1 aliphatic carbocycles. The second-order valence-electron chi connectivity index (χ2n) is 11.1. The Morgan fingerprint density at radius 3 is 2.27 bits per heavy atom. The summed E-state index contributed by atoms with van der Waals surface area (Å²) in [5.74, 6) is 0.0788. The van der Waals surface area contributed by atoms with Gasteiger partial charge in [-0.05, 0) is 68.1 Å². The van der Waals surface area contributed by atoms with Crippen molar-refractivity contribution < 1.29 is 27.5 Å². The molecule has 4 rings (SSSR count). The van der Waals surface area contributed by atoms with Crippen LogP contribution < -0.4 is 19.1 Å². The summed E-state index contributed by atoms with van der Waals surface area (Å²) in [7, 11) is -1.29. The van der Waals surface area contributed by atoms with Gasteiger partial charge in [0.2, 0.25) is 11.8 Å². The van der Waals surface area contributed by atoms with E-state index in [1.807, 2.05) is 38.1 Å². The van der Waals surface area contributed by atoms with Gasteiger partial charge in [0.15, 0.2) is 0 Å². The average molecular weight is 622 g/mol. The lowest BCUT2D eigenvalue weighted by Gasteiger charge is -2.34. The van der Waals surface area contributed by atoms with Crippen molar-refractivity contribution in [1.29, 1.82) is 0 Å². The van der Waals surface area contributed by atoms with Gasteiger partial charge in [0.1, 0.15) is 24.1 Å². The van der Waals surface area contributed by atoms with Crippen LogP contribution >= 0.6 is 0 Å². The molecule has 10 heteroatoms. The number of carbonyl (C=O) groups is 2. The minimum Gasteiger partial charge on any atom is -0.497 e. The van der Waals surface area contributed by atoms with Crippen molar-refractivity contribution in [3.8, 4) is 11.5 Å². The number of sulfonamides is 1. The third-order valence-corrected chi connectivity index (χ3v) is 9.83. The molecule has 0 bridgehead atoms. The molecule has 0 aromatic heterocycles. The Kier molecular flexibility index (Phi) is 11.3. The Morgan fingerprint density at radius 1 is 0.932 bits per heavy atom. The molecular formula is C34H43N3O6S. The zero-order valence-corrected chi connectivity index (χ0v) is 26.8. The third kappa shape index (κ3) is 7.91. The van der Waals surface area contributed by atoms with Gasteiger partial charge < -0.3 is 19.7 Å². The fourth-order valence-electron chi connectivity index (χ4n) is 5.70. The molecule has 2 amide bonds. The number of anilines is 1. The van der Waals surface area contributed by atoms with Crippen molar-refractivity contribution in [2.45, 2.75) is 75.9 Å². The van der Waals surface area contributed by atoms with Gasteiger partial charge in [-0.25, -0.2) is 8.42 Å². The molecular weight excluding hydrogens is 578 g/mol. The molecule has 1 atom stereocenters. The van der Waals surface area contributed by atoms with Crippen LogP contribution in [0.2, 0.25) is 0 Å². The number of hydrogen-bond donors (Lipinski definition) is 1. The van der Waals surface area contributed by atoms with E-state index in [2.05, 4.69) is 5.32 Å². The van der Waals surface area contributed by atoms with Crippen LogP contribution in [0.25, 0.3) is 0 Å². The molecule has 0 heterocycles. The van der Waals surface area contributed by atoms with E-state index >= 15 is 0 Å². The van der Waals surface area contributed by atoms with Crippen LogP contribution in [-0.4, -0.2) is 58.0 Å². The Bertz CT molecular complexity index is 1520. The van der Waals surface area contributed by atoms with E-state index in [1.54, 1.807) is 36.4 Å². The number of ether oxygens (including phenoxy) is 2. The number of hydrogen-bond acceptors (Lipinski definition) is 6. The normalized spacial score (nSPS) is 14.4. The number of nitrogens with zero attached hydrogens (tertiary/aromatic N) is 2. The minimum atomic E-state index is -4.25. The second-order valence-corrected chi connectivity index (χ2v) is 13.0. The summed E-state index contributed by atoms with van der Waals surface area (Å²) in [6.45, 7) is 3.45. The number of carbonyl (C=O) groups excluding carboxylic acids is 2. The number of rotatable bonds is 13. The molecule has 0 radical (unpaired) electrons. The number of aryl methyl sites for hydroxylation is 1. The fraction of sp³-hybridized carbons (Fsp3) is 0.412. The van der Waals surface area contributed by atoms with Gasteiger partial charge in [-0.3, -0.25) is 13.9 Å². The highest BCUT2D eigenvalue weighted by molar-refractivity contribution is 7.92. The lowest BCUT2D eigenvalue weighted by atomic mass is 9.95. The van der Waals surface area contributed by atoms with E-state index in [0.29, 0.717) is 17.9 Å². The molecule has 0 spiro atoms. The van der Waals surface area contributed by atoms with E-state index in [0.717, 1.165) is 47.5 Å². The van der Waals surface area contributed by atoms with Gasteiger partial charge in [-0.2, -0.15) is 0 Å². The maximum Gasteiger partial charge on any atom is 0.264 e. The monoisotopic (exact) mass is 621 g/mol. The first-order valence-electron chi connectivity index (χ1n) is 15.1. The second kappa shape index (κ2) is 15.1. The van der Waals surface area contributed by atoms with Gasteiger partial charge in [0.25, 0.3) is 10.0 Å². The topological polar surface area (TPSA) is 105 Å². The highest BCUT2D eigenvalue weighted by atomic mass is 32.2. The Balaban J connectivity index is 1.74. The SMILES string of the molecule is CC[C@@H](C(=O)NC1CCCCC1)N(Cc1cccc(C)c1)C(=O)CN(c1ccccc1OC)S(=O)(=O)c1ccc(OC)cc1. The Hall–Kier alpha value is -4.05. The molecule has 236 valence electrons. The Morgan fingerprint density at radius 2 is 1.64 bits per heavy atom. The summed E-state index contributed by atoms with van der Waals surface area (Å²) in [6.07, 6.45) is 5.47. The van der Waals surface area contributed by atoms with Gasteiger partial charge >= 0.3 is 0 Å². The third-order valence-electron chi connectivity index (χ3n) is 8.05. The molecule has 1 saturated carbocycles. The molecule has 3 aromatic rings. The summed E-state index contributed by atoms with van der Waals surface area (Å²) in [6, 6.07) is 19.7. The lowest BCUT2D eigenvalue weighted by Crippen LogP contribution is -2.54. The van der Waals surface area contributed by atoms with Crippen LogP contribution in [0.15, 0.2) is 77.7 Å². The van der Waals surface area contributed by atoms with Gasteiger partial charge in [0.05, 0.1) is 24.8 Å². The maximum atomic E-state index is 14.4. The molecule has 1 N–H and O–H groups in total. The quantitative estimate of drug-likeness (QED) is 0.272. The summed E-state index contributed by atoms with van der Waals surface area (Å²) in [4.78, 5) is 29.6. The van der Waals surface area contributed by atoms with Crippen molar-refractivity contribution in [1.82, 2.24) is 10.2 Å². The van der Waals surface area contributed by atoms with E-state index in [1.165, 1.54) is 31.3 Å². The lowest BCUT2D eigenvalue weighted by molar-refractivity contribution is -0.140. The summed E-state index contributed by atoms with van der Waals surface area (Å²) in [5, 5.41) is 3.18. The van der Waals surface area contributed by atoms with Crippen LogP contribution in [0.3, 0.4) is 0 Å². The van der Waals surface area contributed by atoms with E-state index in [-0.39, 0.29) is 29.1 Å².